The molecule has 0 spiro atoms. The quantitative estimate of drug-likeness (QED) is 0.807. The third-order valence-electron chi connectivity index (χ3n) is 4.00. The fourth-order valence-corrected chi connectivity index (χ4v) is 2.93. The van der Waals surface area contributed by atoms with Gasteiger partial charge in [0.2, 0.25) is 12.4 Å². The summed E-state index contributed by atoms with van der Waals surface area (Å²) < 4.78 is 0. The second kappa shape index (κ2) is 7.88. The van der Waals surface area contributed by atoms with Gasteiger partial charge in [-0.15, -0.1) is 0 Å². The Morgan fingerprint density at radius 1 is 1.12 bits per heavy atom. The molecule has 0 saturated carbocycles. The number of rotatable bonds is 4. The topological polar surface area (TPSA) is 78.4 Å². The summed E-state index contributed by atoms with van der Waals surface area (Å²) in [5.74, 6) is 0.122. The van der Waals surface area contributed by atoms with Gasteiger partial charge in [-0.3, -0.25) is 9.59 Å². The Hall–Kier alpha value is -2.38. The molecular formula is C17H17Cl2N5O2. The molecule has 1 N–H and O–H groups in total. The van der Waals surface area contributed by atoms with Crippen molar-refractivity contribution in [1.29, 1.82) is 0 Å². The second-order valence-electron chi connectivity index (χ2n) is 5.91. The van der Waals surface area contributed by atoms with Crippen LogP contribution in [-0.4, -0.2) is 58.3 Å². The molecule has 0 atom stereocenters. The lowest BCUT2D eigenvalue weighted by atomic mass is 10.2. The monoisotopic (exact) mass is 393 g/mol. The fourth-order valence-electron chi connectivity index (χ4n) is 2.63. The molecule has 2 heterocycles. The molecular weight excluding hydrogens is 377 g/mol. The molecule has 0 bridgehead atoms. The van der Waals surface area contributed by atoms with E-state index in [1.165, 1.54) is 0 Å². The number of hydrogen-bond donors (Lipinski definition) is 1. The van der Waals surface area contributed by atoms with Gasteiger partial charge >= 0.3 is 0 Å². The lowest BCUT2D eigenvalue weighted by Crippen LogP contribution is -2.48. The number of aryl methyl sites for hydroxylation is 1. The highest BCUT2D eigenvalue weighted by Gasteiger charge is 2.23. The van der Waals surface area contributed by atoms with Gasteiger partial charge in [0.05, 0.1) is 10.0 Å². The average Bonchev–Trinajstić information content (AvgIpc) is 2.64. The Balaban J connectivity index is 1.77. The summed E-state index contributed by atoms with van der Waals surface area (Å²) in [7, 11) is 0. The van der Waals surface area contributed by atoms with Crippen molar-refractivity contribution >= 4 is 47.2 Å². The van der Waals surface area contributed by atoms with Crippen molar-refractivity contribution in [1.82, 2.24) is 19.8 Å². The molecule has 2 amide bonds. The smallest absolute Gasteiger partial charge is 0.272 e. The number of nitrogens with one attached hydrogen (secondary N) is 1. The van der Waals surface area contributed by atoms with Gasteiger partial charge in [0.1, 0.15) is 5.69 Å². The Bertz CT molecular complexity index is 838. The molecule has 3 rings (SSSR count). The maximum absolute atomic E-state index is 12.7. The largest absolute Gasteiger partial charge is 0.342 e. The Kier molecular flexibility index (Phi) is 5.58. The number of amides is 2. The fraction of sp³-hybridized carbons (Fsp3) is 0.294. The van der Waals surface area contributed by atoms with Crippen molar-refractivity contribution in [2.75, 3.05) is 31.5 Å². The normalized spacial score (nSPS) is 14.3. The number of piperazine rings is 1. The Labute approximate surface area is 160 Å². The van der Waals surface area contributed by atoms with Crippen molar-refractivity contribution in [3.63, 3.8) is 0 Å². The molecule has 0 unspecified atom stereocenters. The number of carbonyl (C=O) groups excluding carboxylic acids is 2. The van der Waals surface area contributed by atoms with E-state index < -0.39 is 0 Å². The Morgan fingerprint density at radius 3 is 2.50 bits per heavy atom. The second-order valence-corrected chi connectivity index (χ2v) is 6.72. The van der Waals surface area contributed by atoms with Gasteiger partial charge in [-0.1, -0.05) is 23.2 Å². The maximum Gasteiger partial charge on any atom is 0.272 e. The number of hydrogen-bond acceptors (Lipinski definition) is 5. The summed E-state index contributed by atoms with van der Waals surface area (Å²) in [6, 6.07) is 6.73. The van der Waals surface area contributed by atoms with Crippen LogP contribution >= 0.6 is 23.2 Å². The summed E-state index contributed by atoms with van der Waals surface area (Å²) in [6.07, 6.45) is 0.802. The van der Waals surface area contributed by atoms with Crippen LogP contribution in [0.1, 0.15) is 16.2 Å². The molecule has 26 heavy (non-hydrogen) atoms. The molecule has 1 aromatic heterocycles. The van der Waals surface area contributed by atoms with Gasteiger partial charge < -0.3 is 15.1 Å². The zero-order valence-corrected chi connectivity index (χ0v) is 15.6. The standard InChI is InChI=1S/C17H17Cl2N5O2/c1-11-8-15(16(26)24-6-4-23(10-25)5-7-24)22-17(20-11)21-12-2-3-13(18)14(19)9-12/h2-3,8-10H,4-7H2,1H3,(H,20,21,22). The first kappa shape index (κ1) is 18.4. The number of anilines is 2. The Morgan fingerprint density at radius 2 is 1.85 bits per heavy atom. The van der Waals surface area contributed by atoms with Gasteiger partial charge in [-0.2, -0.15) is 0 Å². The van der Waals surface area contributed by atoms with Crippen molar-refractivity contribution in [3.05, 3.63) is 45.7 Å². The first-order chi connectivity index (χ1) is 12.5. The molecule has 9 heteroatoms. The summed E-state index contributed by atoms with van der Waals surface area (Å²) >= 11 is 11.9. The van der Waals surface area contributed by atoms with Crippen LogP contribution in [0.3, 0.4) is 0 Å². The number of benzene rings is 1. The van der Waals surface area contributed by atoms with E-state index in [0.717, 1.165) is 6.41 Å². The highest BCUT2D eigenvalue weighted by molar-refractivity contribution is 6.42. The van der Waals surface area contributed by atoms with Crippen LogP contribution in [0, 0.1) is 6.92 Å². The van der Waals surface area contributed by atoms with Crippen LogP contribution in [0.4, 0.5) is 11.6 Å². The van der Waals surface area contributed by atoms with Crippen LogP contribution in [0.2, 0.25) is 10.0 Å². The van der Waals surface area contributed by atoms with Crippen molar-refractivity contribution in [2.45, 2.75) is 6.92 Å². The summed E-state index contributed by atoms with van der Waals surface area (Å²) in [5, 5.41) is 3.90. The summed E-state index contributed by atoms with van der Waals surface area (Å²) in [4.78, 5) is 35.5. The van der Waals surface area contributed by atoms with Gasteiger partial charge in [0.15, 0.2) is 0 Å². The van der Waals surface area contributed by atoms with E-state index >= 15 is 0 Å². The van der Waals surface area contributed by atoms with Crippen LogP contribution < -0.4 is 5.32 Å². The minimum Gasteiger partial charge on any atom is -0.342 e. The van der Waals surface area contributed by atoms with Crippen molar-refractivity contribution < 1.29 is 9.59 Å². The zero-order valence-electron chi connectivity index (χ0n) is 14.1. The highest BCUT2D eigenvalue weighted by Crippen LogP contribution is 2.26. The van der Waals surface area contributed by atoms with Crippen LogP contribution in [0.25, 0.3) is 0 Å². The minimum absolute atomic E-state index is 0.182. The molecule has 1 aliphatic heterocycles. The van der Waals surface area contributed by atoms with Gasteiger partial charge in [0, 0.05) is 37.6 Å². The maximum atomic E-state index is 12.7. The molecule has 1 aromatic carbocycles. The van der Waals surface area contributed by atoms with Crippen LogP contribution in [0.5, 0.6) is 0 Å². The van der Waals surface area contributed by atoms with Gasteiger partial charge in [0.25, 0.3) is 5.91 Å². The molecule has 2 aromatic rings. The summed E-state index contributed by atoms with van der Waals surface area (Å²) in [5.41, 5.74) is 1.64. The molecule has 136 valence electrons. The van der Waals surface area contributed by atoms with Gasteiger partial charge in [-0.05, 0) is 31.2 Å². The molecule has 0 aliphatic carbocycles. The lowest BCUT2D eigenvalue weighted by molar-refractivity contribution is -0.119. The molecule has 1 fully saturated rings. The molecule has 1 aliphatic rings. The molecule has 1 saturated heterocycles. The van der Waals surface area contributed by atoms with E-state index in [0.29, 0.717) is 59.2 Å². The third kappa shape index (κ3) is 4.23. The first-order valence-electron chi connectivity index (χ1n) is 8.02. The third-order valence-corrected chi connectivity index (χ3v) is 4.74. The average molecular weight is 394 g/mol. The van der Waals surface area contributed by atoms with E-state index in [1.54, 1.807) is 41.0 Å². The predicted octanol–water partition coefficient (Wildman–Crippen LogP) is 2.75. The highest BCUT2D eigenvalue weighted by atomic mass is 35.5. The number of halogens is 2. The van der Waals surface area contributed by atoms with Crippen molar-refractivity contribution in [3.8, 4) is 0 Å². The van der Waals surface area contributed by atoms with Crippen LogP contribution in [-0.2, 0) is 4.79 Å². The molecule has 0 radical (unpaired) electrons. The van der Waals surface area contributed by atoms with E-state index in [2.05, 4.69) is 15.3 Å². The number of nitrogens with zero attached hydrogens (tertiary/aromatic N) is 4. The van der Waals surface area contributed by atoms with Gasteiger partial charge in [-0.25, -0.2) is 9.97 Å². The lowest BCUT2D eigenvalue weighted by Gasteiger charge is -2.32. The van der Waals surface area contributed by atoms with Crippen LogP contribution in [0.15, 0.2) is 24.3 Å². The van der Waals surface area contributed by atoms with E-state index in [4.69, 9.17) is 23.2 Å². The van der Waals surface area contributed by atoms with E-state index in [-0.39, 0.29) is 5.91 Å². The summed E-state index contributed by atoms with van der Waals surface area (Å²) in [6.45, 7) is 3.80. The van der Waals surface area contributed by atoms with E-state index in [1.807, 2.05) is 0 Å². The zero-order chi connectivity index (χ0) is 18.7. The predicted molar refractivity (Wildman–Crippen MR) is 100 cm³/mol. The number of aromatic nitrogens is 2. The minimum atomic E-state index is -0.182. The SMILES string of the molecule is Cc1cc(C(=O)N2CCN(C=O)CC2)nc(Nc2ccc(Cl)c(Cl)c2)n1. The number of carbonyl (C=O) groups is 2. The first-order valence-corrected chi connectivity index (χ1v) is 8.78. The van der Waals surface area contributed by atoms with Crippen molar-refractivity contribution in [2.24, 2.45) is 0 Å². The molecule has 7 nitrogen and oxygen atoms in total. The van der Waals surface area contributed by atoms with E-state index in [9.17, 15) is 9.59 Å².